The van der Waals surface area contributed by atoms with E-state index >= 15 is 0 Å². The van der Waals surface area contributed by atoms with Gasteiger partial charge in [0, 0.05) is 0 Å². The van der Waals surface area contributed by atoms with Gasteiger partial charge in [-0.3, -0.25) is 24.0 Å². The summed E-state index contributed by atoms with van der Waals surface area (Å²) in [7, 11) is 1.42. The fourth-order valence-electron chi connectivity index (χ4n) is 9.42. The summed E-state index contributed by atoms with van der Waals surface area (Å²) < 4.78 is 20.0. The number of esters is 4. The number of aliphatic hydroxyl groups is 1. The number of carboxylic acids is 1. The van der Waals surface area contributed by atoms with Gasteiger partial charge >= 0.3 is 29.8 Å². The van der Waals surface area contributed by atoms with Crippen LogP contribution >= 0.6 is 0 Å². The molecule has 0 aliphatic rings. The molecule has 648 valence electrons. The smallest absolute Gasteiger partial charge is 0.311 e. The first kappa shape index (κ1) is 115. The van der Waals surface area contributed by atoms with Crippen molar-refractivity contribution >= 4 is 29.8 Å². The van der Waals surface area contributed by atoms with Gasteiger partial charge in [-0.25, -0.2) is 0 Å². The fourth-order valence-corrected chi connectivity index (χ4v) is 9.42. The number of methoxy groups -OCH3 is 1. The van der Waals surface area contributed by atoms with Gasteiger partial charge in [-0.15, -0.1) is 0 Å². The summed E-state index contributed by atoms with van der Waals surface area (Å²) in [5.74, 6) is 2.88. The molecule has 6 atom stereocenters. The lowest BCUT2D eigenvalue weighted by atomic mass is 9.90. The second-order valence-electron chi connectivity index (χ2n) is 33.6. The number of hydrogen-bond acceptors (Lipinski definition) is 10. The lowest BCUT2D eigenvalue weighted by Gasteiger charge is -2.22. The van der Waals surface area contributed by atoms with E-state index in [1.807, 2.05) is 90.0 Å². The van der Waals surface area contributed by atoms with E-state index in [0.717, 1.165) is 38.5 Å². The molecule has 0 fully saturated rings. The molecular formula is C102H174O11. The third-order valence-corrected chi connectivity index (χ3v) is 22.1. The van der Waals surface area contributed by atoms with Gasteiger partial charge in [0.05, 0.1) is 54.0 Å². The van der Waals surface area contributed by atoms with E-state index in [1.165, 1.54) is 137 Å². The first-order valence-electron chi connectivity index (χ1n) is 43.9. The van der Waals surface area contributed by atoms with Gasteiger partial charge in [0.1, 0.15) is 6.61 Å². The van der Waals surface area contributed by atoms with Crippen LogP contribution in [0.25, 0.3) is 0 Å². The molecular weight excluding hydrogens is 1400 g/mol. The highest BCUT2D eigenvalue weighted by Gasteiger charge is 2.30. The summed E-state index contributed by atoms with van der Waals surface area (Å²) in [5.41, 5.74) is 6.67. The second kappa shape index (κ2) is 69.7. The van der Waals surface area contributed by atoms with E-state index in [2.05, 4.69) is 247 Å². The molecule has 0 aromatic heterocycles. The number of aliphatic hydroxyl groups excluding tert-OH is 1. The molecule has 0 radical (unpaired) electrons. The van der Waals surface area contributed by atoms with E-state index in [-0.39, 0.29) is 53.3 Å². The minimum atomic E-state index is -0.722. The topological polar surface area (TPSA) is 163 Å². The van der Waals surface area contributed by atoms with Crippen molar-refractivity contribution in [1.82, 2.24) is 0 Å². The summed E-state index contributed by atoms with van der Waals surface area (Å²) in [4.78, 5) is 55.7. The summed E-state index contributed by atoms with van der Waals surface area (Å²) in [6.07, 6.45) is 25.0. The number of carbonyl (C=O) groups is 5. The largest absolute Gasteiger partial charge is 0.481 e. The Labute approximate surface area is 696 Å². The predicted octanol–water partition coefficient (Wildman–Crippen LogP) is 29.7. The summed E-state index contributed by atoms with van der Waals surface area (Å²) in [6.45, 7) is 60.8. The number of carbonyl (C=O) groups excluding carboxylic acids is 4. The first-order valence-corrected chi connectivity index (χ1v) is 43.9. The van der Waals surface area contributed by atoms with Crippen molar-refractivity contribution in [2.45, 2.75) is 372 Å². The Kier molecular flexibility index (Phi) is 70.9. The Bertz CT molecular complexity index is 2830. The molecule has 0 aliphatic carbocycles. The maximum atomic E-state index is 11.8. The van der Waals surface area contributed by atoms with Gasteiger partial charge < -0.3 is 29.2 Å². The molecule has 0 saturated heterocycles. The van der Waals surface area contributed by atoms with Gasteiger partial charge in [-0.05, 0) is 217 Å². The van der Waals surface area contributed by atoms with Crippen molar-refractivity contribution in [3.8, 4) is 0 Å². The molecule has 11 heteroatoms. The van der Waals surface area contributed by atoms with Crippen LogP contribution in [0.5, 0.6) is 0 Å². The van der Waals surface area contributed by atoms with E-state index < -0.39 is 16.8 Å². The molecule has 6 unspecified atom stereocenters. The van der Waals surface area contributed by atoms with Gasteiger partial charge in [0.2, 0.25) is 0 Å². The zero-order chi connectivity index (χ0) is 87.5. The highest BCUT2D eigenvalue weighted by molar-refractivity contribution is 5.77. The summed E-state index contributed by atoms with van der Waals surface area (Å²) in [5, 5.41) is 16.8. The van der Waals surface area contributed by atoms with E-state index in [9.17, 15) is 24.0 Å². The summed E-state index contributed by atoms with van der Waals surface area (Å²) >= 11 is 0. The normalized spacial score (nSPS) is 12.4. The van der Waals surface area contributed by atoms with Crippen LogP contribution in [-0.4, -0.2) is 73.6 Å². The maximum Gasteiger partial charge on any atom is 0.311 e. The Hall–Kier alpha value is -6.59. The van der Waals surface area contributed by atoms with Crippen LogP contribution in [0.1, 0.15) is 398 Å². The lowest BCUT2D eigenvalue weighted by Crippen LogP contribution is -2.27. The monoisotopic (exact) mass is 1580 g/mol. The maximum absolute atomic E-state index is 11.8. The molecule has 0 spiro atoms. The van der Waals surface area contributed by atoms with Gasteiger partial charge in [0.15, 0.2) is 0 Å². The highest BCUT2D eigenvalue weighted by atomic mass is 16.5. The van der Waals surface area contributed by atoms with Gasteiger partial charge in [-0.1, -0.05) is 340 Å². The molecule has 5 aromatic rings. The average molecular weight is 1580 g/mol. The fraction of sp³-hybridized carbons (Fsp3) is 0.657. The zero-order valence-electron chi connectivity index (χ0n) is 78.3. The molecule has 11 nitrogen and oxygen atoms in total. The Morgan fingerprint density at radius 2 is 0.593 bits per heavy atom. The van der Waals surface area contributed by atoms with Crippen molar-refractivity contribution in [2.75, 3.05) is 33.5 Å². The minimum absolute atomic E-state index is 0.0482. The molecule has 5 aromatic carbocycles. The van der Waals surface area contributed by atoms with Gasteiger partial charge in [-0.2, -0.15) is 0 Å². The SMILES string of the molecule is CCC(C)(C)C(=O)O.CCC(C)(C)C(=O)OC.CCC(C)(C)C(=O)OCCO.CCC(C)c1ccc(C)cc1.CCC(C)c1ccccc1.CCC(C)c1ccccc1.CCC(C)c1ccccc1.CCC(C)c1ccccc1.CCCCC(CC)COC(=O)C(C)(C)CC.CCCCCCCCCCOC(=O)C(C)(C)CC. The molecule has 0 aliphatic heterocycles. The quantitative estimate of drug-likeness (QED) is 0.0221. The van der Waals surface area contributed by atoms with Crippen LogP contribution in [0.4, 0.5) is 0 Å². The van der Waals surface area contributed by atoms with Crippen LogP contribution in [0.2, 0.25) is 0 Å². The summed E-state index contributed by atoms with van der Waals surface area (Å²) in [6, 6.07) is 51.4. The number of benzene rings is 5. The van der Waals surface area contributed by atoms with Crippen molar-refractivity contribution < 1.29 is 53.1 Å². The Morgan fingerprint density at radius 3 is 0.832 bits per heavy atom. The number of ether oxygens (including phenoxy) is 4. The molecule has 0 amide bonds. The third kappa shape index (κ3) is 58.8. The van der Waals surface area contributed by atoms with Crippen LogP contribution < -0.4 is 0 Å². The number of hydrogen-bond donors (Lipinski definition) is 2. The second-order valence-corrected chi connectivity index (χ2v) is 33.6. The number of carboxylic acid groups (broad SMARTS) is 1. The minimum Gasteiger partial charge on any atom is -0.481 e. The third-order valence-electron chi connectivity index (χ3n) is 22.1. The van der Waals surface area contributed by atoms with Crippen molar-refractivity contribution in [3.63, 3.8) is 0 Å². The van der Waals surface area contributed by atoms with Crippen molar-refractivity contribution in [2.24, 2.45) is 33.0 Å². The predicted molar refractivity (Wildman–Crippen MR) is 486 cm³/mol. The van der Waals surface area contributed by atoms with Crippen LogP contribution in [0.15, 0.2) is 146 Å². The number of rotatable bonds is 37. The zero-order valence-corrected chi connectivity index (χ0v) is 78.3. The van der Waals surface area contributed by atoms with E-state index in [1.54, 1.807) is 13.8 Å². The lowest BCUT2D eigenvalue weighted by molar-refractivity contribution is -0.156. The molecule has 5 rings (SSSR count). The Balaban J connectivity index is -0.000000386. The van der Waals surface area contributed by atoms with Crippen LogP contribution in [-0.2, 0) is 42.9 Å². The molecule has 0 heterocycles. The Morgan fingerprint density at radius 1 is 0.327 bits per heavy atom. The number of aryl methyl sites for hydroxylation is 1. The van der Waals surface area contributed by atoms with Crippen LogP contribution in [0, 0.1) is 39.9 Å². The molecule has 113 heavy (non-hydrogen) atoms. The number of aliphatic carboxylic acids is 1. The standard InChI is InChI=1S/C16H32O2.C14H28O2.C11H16.4C10H14.C8H16O3.C7H14O2.C6H12O2/c1-5-7-8-9-10-11-12-13-14-18-15(17)16(3,4)6-2;1-6-9-10-12(7-2)11-16-13(15)14(4,5)8-3;1-4-10(3)11-7-5-9(2)6-8-11;4*1-3-9(2)10-7-5-4-6-8-10;1-4-8(2,3)7(10)11-6-5-9;1-5-7(2,3)6(8)9-4;1-4-6(2,3)5(7)8/h5-14H2,1-4H3;12H,6-11H2,1-5H3;5-8,10H,4H2,1-3H3;4*4-9H,3H2,1-2H3;9H,4-6H2,1-3H3;5H2,1-4H3;4H2,1-3H3,(H,7,8). The van der Waals surface area contributed by atoms with Crippen molar-refractivity contribution in [1.29, 1.82) is 0 Å². The average Bonchev–Trinajstić information content (AvgIpc) is 0.898. The van der Waals surface area contributed by atoms with E-state index in [4.69, 9.17) is 24.4 Å². The van der Waals surface area contributed by atoms with Crippen molar-refractivity contribution in [3.05, 3.63) is 179 Å². The van der Waals surface area contributed by atoms with E-state index in [0.29, 0.717) is 55.1 Å². The first-order chi connectivity index (χ1) is 53.2. The van der Waals surface area contributed by atoms with Crippen LogP contribution in [0.3, 0.4) is 0 Å². The molecule has 0 saturated carbocycles. The van der Waals surface area contributed by atoms with Gasteiger partial charge in [0.25, 0.3) is 0 Å². The number of unbranched alkanes of at least 4 members (excludes halogenated alkanes) is 8. The highest BCUT2D eigenvalue weighted by Crippen LogP contribution is 2.27. The molecule has 0 bridgehead atoms. The molecule has 2 N–H and O–H groups in total.